The Morgan fingerprint density at radius 2 is 2.17 bits per heavy atom. The van der Waals surface area contributed by atoms with E-state index in [2.05, 4.69) is 10.2 Å². The Morgan fingerprint density at radius 3 is 2.83 bits per heavy atom. The second-order valence-electron chi connectivity index (χ2n) is 5.74. The molecule has 0 bridgehead atoms. The number of nitrogens with one attached hydrogen (secondary N) is 1. The van der Waals surface area contributed by atoms with Gasteiger partial charge in [0.15, 0.2) is 0 Å². The van der Waals surface area contributed by atoms with Gasteiger partial charge >= 0.3 is 5.97 Å². The number of hydrogen-bond acceptors (Lipinski definition) is 3. The lowest BCUT2D eigenvalue weighted by Gasteiger charge is -2.20. The molecule has 24 heavy (non-hydrogen) atoms. The van der Waals surface area contributed by atoms with Gasteiger partial charge < -0.3 is 10.0 Å². The Kier molecular flexibility index (Phi) is 4.51. The van der Waals surface area contributed by atoms with Crippen LogP contribution in [0.15, 0.2) is 18.2 Å². The molecule has 1 aliphatic rings. The summed E-state index contributed by atoms with van der Waals surface area (Å²) in [6, 6.07) is 4.92. The summed E-state index contributed by atoms with van der Waals surface area (Å²) < 4.78 is 0. The van der Waals surface area contributed by atoms with Gasteiger partial charge in [0.2, 0.25) is 0 Å². The van der Waals surface area contributed by atoms with Crippen LogP contribution in [0.4, 0.5) is 0 Å². The third-order valence-corrected chi connectivity index (χ3v) is 4.81. The van der Waals surface area contributed by atoms with Gasteiger partial charge in [0.25, 0.3) is 5.91 Å². The molecule has 0 saturated carbocycles. The van der Waals surface area contributed by atoms with Gasteiger partial charge in [-0.3, -0.25) is 14.7 Å². The monoisotopic (exact) mass is 367 g/mol. The summed E-state index contributed by atoms with van der Waals surface area (Å²) in [4.78, 5) is 24.7. The molecule has 6 nitrogen and oxygen atoms in total. The lowest BCUT2D eigenvalue weighted by molar-refractivity contribution is -0.137. The fourth-order valence-corrected chi connectivity index (χ4v) is 3.48. The second kappa shape index (κ2) is 6.45. The van der Waals surface area contributed by atoms with Gasteiger partial charge in [-0.05, 0) is 24.1 Å². The summed E-state index contributed by atoms with van der Waals surface area (Å²) in [7, 11) is 1.67. The molecule has 1 aromatic carbocycles. The minimum Gasteiger partial charge on any atom is -0.481 e. The molecule has 1 aromatic heterocycles. The van der Waals surface area contributed by atoms with Crippen molar-refractivity contribution in [2.75, 3.05) is 7.05 Å². The van der Waals surface area contributed by atoms with E-state index in [1.165, 1.54) is 0 Å². The highest BCUT2D eigenvalue weighted by Crippen LogP contribution is 2.38. The van der Waals surface area contributed by atoms with E-state index >= 15 is 0 Å². The van der Waals surface area contributed by atoms with Crippen LogP contribution in [-0.4, -0.2) is 39.1 Å². The first-order valence-corrected chi connectivity index (χ1v) is 8.14. The smallest absolute Gasteiger partial charge is 0.303 e. The molecule has 0 fully saturated rings. The van der Waals surface area contributed by atoms with Gasteiger partial charge in [-0.2, -0.15) is 5.10 Å². The third-order valence-electron chi connectivity index (χ3n) is 4.22. The number of hydrogen-bond donors (Lipinski definition) is 2. The summed E-state index contributed by atoms with van der Waals surface area (Å²) in [5, 5.41) is 17.0. The molecule has 3 rings (SSSR count). The van der Waals surface area contributed by atoms with E-state index in [0.717, 1.165) is 11.1 Å². The number of carboxylic acid groups (broad SMARTS) is 1. The number of carbonyl (C=O) groups excluding carboxylic acids is 1. The first-order valence-electron chi connectivity index (χ1n) is 7.38. The molecule has 2 heterocycles. The standard InChI is InChI=1S/C16H15Cl2N3O3/c1-21-12(4-5-13(22)23)14-11(19-20-15(14)16(21)24)6-8-2-3-9(17)7-10(8)18/h2-3,7,12H,4-6H2,1H3,(H,19,20)(H,22,23). The molecule has 1 atom stereocenters. The number of H-pyrrole nitrogens is 1. The fraction of sp³-hybridized carbons (Fsp3) is 0.312. The van der Waals surface area contributed by atoms with Crippen molar-refractivity contribution < 1.29 is 14.7 Å². The SMILES string of the molecule is CN1C(=O)c2[nH]nc(Cc3ccc(Cl)cc3Cl)c2C1CCC(=O)O. The van der Waals surface area contributed by atoms with Crippen molar-refractivity contribution in [3.8, 4) is 0 Å². The molecule has 2 aromatic rings. The molecule has 2 N–H and O–H groups in total. The van der Waals surface area contributed by atoms with E-state index in [4.69, 9.17) is 28.3 Å². The van der Waals surface area contributed by atoms with Crippen molar-refractivity contribution in [1.82, 2.24) is 15.1 Å². The van der Waals surface area contributed by atoms with Gasteiger partial charge in [0.1, 0.15) is 5.69 Å². The Bertz CT molecular complexity index is 819. The fourth-order valence-electron chi connectivity index (χ4n) is 3.00. The maximum Gasteiger partial charge on any atom is 0.303 e. The van der Waals surface area contributed by atoms with Gasteiger partial charge in [0.05, 0.1) is 11.7 Å². The topological polar surface area (TPSA) is 86.3 Å². The van der Waals surface area contributed by atoms with Crippen molar-refractivity contribution in [3.05, 3.63) is 50.8 Å². The molecule has 0 radical (unpaired) electrons. The molecule has 0 aliphatic carbocycles. The van der Waals surface area contributed by atoms with Gasteiger partial charge in [-0.15, -0.1) is 0 Å². The van der Waals surface area contributed by atoms with Crippen LogP contribution in [0.5, 0.6) is 0 Å². The summed E-state index contributed by atoms with van der Waals surface area (Å²) in [6.45, 7) is 0. The van der Waals surface area contributed by atoms with E-state index in [1.807, 2.05) is 6.07 Å². The van der Waals surface area contributed by atoms with Crippen molar-refractivity contribution in [3.63, 3.8) is 0 Å². The van der Waals surface area contributed by atoms with E-state index in [-0.39, 0.29) is 18.4 Å². The summed E-state index contributed by atoms with van der Waals surface area (Å²) in [5.41, 5.74) is 2.72. The predicted molar refractivity (Wildman–Crippen MR) is 89.6 cm³/mol. The average molecular weight is 368 g/mol. The third kappa shape index (κ3) is 2.99. The largest absolute Gasteiger partial charge is 0.481 e. The van der Waals surface area contributed by atoms with E-state index in [1.54, 1.807) is 24.1 Å². The van der Waals surface area contributed by atoms with Crippen molar-refractivity contribution in [1.29, 1.82) is 0 Å². The first kappa shape index (κ1) is 16.8. The number of rotatable bonds is 5. The molecule has 0 saturated heterocycles. The summed E-state index contributed by atoms with van der Waals surface area (Å²) in [5.74, 6) is -1.07. The van der Waals surface area contributed by atoms with Crippen molar-refractivity contribution in [2.24, 2.45) is 0 Å². The predicted octanol–water partition coefficient (Wildman–Crippen LogP) is 3.30. The zero-order chi connectivity index (χ0) is 17.4. The number of nitrogens with zero attached hydrogens (tertiary/aromatic N) is 2. The number of aromatic amines is 1. The minimum absolute atomic E-state index is 0.0198. The number of carboxylic acids is 1. The van der Waals surface area contributed by atoms with Crippen LogP contribution in [-0.2, 0) is 11.2 Å². The zero-order valence-corrected chi connectivity index (χ0v) is 14.4. The molecule has 1 aliphatic heterocycles. The van der Waals surface area contributed by atoms with E-state index in [0.29, 0.717) is 34.3 Å². The molecule has 126 valence electrons. The van der Waals surface area contributed by atoms with Crippen LogP contribution >= 0.6 is 23.2 Å². The van der Waals surface area contributed by atoms with Gasteiger partial charge in [0, 0.05) is 35.5 Å². The molecule has 8 heteroatoms. The molecule has 1 unspecified atom stereocenters. The molecule has 1 amide bonds. The van der Waals surface area contributed by atoms with Crippen LogP contribution in [0, 0.1) is 0 Å². The zero-order valence-electron chi connectivity index (χ0n) is 12.8. The van der Waals surface area contributed by atoms with E-state index < -0.39 is 5.97 Å². The number of halogens is 2. The number of benzene rings is 1. The highest BCUT2D eigenvalue weighted by Gasteiger charge is 2.38. The number of carbonyl (C=O) groups is 2. The highest BCUT2D eigenvalue weighted by atomic mass is 35.5. The normalized spacial score (nSPS) is 16.5. The van der Waals surface area contributed by atoms with E-state index in [9.17, 15) is 9.59 Å². The summed E-state index contributed by atoms with van der Waals surface area (Å²) in [6.07, 6.45) is 0.756. The Hall–Kier alpha value is -2.05. The van der Waals surface area contributed by atoms with Crippen LogP contribution in [0.25, 0.3) is 0 Å². The quantitative estimate of drug-likeness (QED) is 0.848. The van der Waals surface area contributed by atoms with Crippen molar-refractivity contribution in [2.45, 2.75) is 25.3 Å². The first-order chi connectivity index (χ1) is 11.4. The number of amides is 1. The molecular weight excluding hydrogens is 353 g/mol. The lowest BCUT2D eigenvalue weighted by Crippen LogP contribution is -2.24. The van der Waals surface area contributed by atoms with Crippen LogP contribution in [0.3, 0.4) is 0 Å². The molecule has 0 spiro atoms. The maximum atomic E-state index is 12.3. The highest BCUT2D eigenvalue weighted by molar-refractivity contribution is 6.35. The van der Waals surface area contributed by atoms with Crippen LogP contribution in [0.2, 0.25) is 10.0 Å². The Morgan fingerprint density at radius 1 is 1.42 bits per heavy atom. The number of aliphatic carboxylic acids is 1. The minimum atomic E-state index is -0.893. The van der Waals surface area contributed by atoms with Gasteiger partial charge in [-0.1, -0.05) is 29.3 Å². The van der Waals surface area contributed by atoms with Gasteiger partial charge in [-0.25, -0.2) is 0 Å². The Balaban J connectivity index is 1.93. The number of aromatic nitrogens is 2. The molecular formula is C16H15Cl2N3O3. The summed E-state index contributed by atoms with van der Waals surface area (Å²) >= 11 is 12.1. The van der Waals surface area contributed by atoms with Crippen LogP contribution in [0.1, 0.15) is 46.2 Å². The maximum absolute atomic E-state index is 12.3. The number of fused-ring (bicyclic) bond motifs is 1. The average Bonchev–Trinajstić information content (AvgIpc) is 3.02. The second-order valence-corrected chi connectivity index (χ2v) is 6.58. The Labute approximate surface area is 148 Å². The lowest BCUT2D eigenvalue weighted by atomic mass is 9.98. The van der Waals surface area contributed by atoms with Crippen molar-refractivity contribution >= 4 is 35.1 Å². The van der Waals surface area contributed by atoms with Crippen LogP contribution < -0.4 is 0 Å².